The van der Waals surface area contributed by atoms with Crippen LogP contribution in [0.3, 0.4) is 0 Å². The van der Waals surface area contributed by atoms with E-state index in [-0.39, 0.29) is 30.8 Å². The molecule has 0 aliphatic carbocycles. The van der Waals surface area contributed by atoms with Gasteiger partial charge in [0.05, 0.1) is 0 Å². The first-order valence-electron chi connectivity index (χ1n) is 6.57. The van der Waals surface area contributed by atoms with Crippen molar-refractivity contribution in [1.29, 1.82) is 0 Å². The minimum absolute atomic E-state index is 0. The Balaban J connectivity index is 0.00000110. The van der Waals surface area contributed by atoms with E-state index in [1.807, 2.05) is 6.92 Å². The first-order chi connectivity index (χ1) is 9.20. The Bertz CT molecular complexity index is 605. The molecular formula is C12H20Cl2N6O. The number of fused-ring (bicyclic) bond motifs is 1. The van der Waals surface area contributed by atoms with E-state index < -0.39 is 0 Å². The van der Waals surface area contributed by atoms with Gasteiger partial charge in [-0.05, 0) is 13.3 Å². The third-order valence-electron chi connectivity index (χ3n) is 3.58. The number of hydrogen-bond donors (Lipinski definition) is 2. The molecule has 3 rings (SSSR count). The van der Waals surface area contributed by atoms with Gasteiger partial charge in [-0.3, -0.25) is 0 Å². The average molecular weight is 335 g/mol. The van der Waals surface area contributed by atoms with Crippen LogP contribution in [0.15, 0.2) is 4.52 Å². The van der Waals surface area contributed by atoms with Gasteiger partial charge in [0.25, 0.3) is 0 Å². The summed E-state index contributed by atoms with van der Waals surface area (Å²) in [5, 5.41) is 7.36. The number of halogens is 2. The third kappa shape index (κ3) is 3.14. The maximum absolute atomic E-state index is 5.81. The van der Waals surface area contributed by atoms with Crippen molar-refractivity contribution < 1.29 is 4.52 Å². The molecule has 0 amide bonds. The Morgan fingerprint density at radius 1 is 1.38 bits per heavy atom. The van der Waals surface area contributed by atoms with Crippen LogP contribution >= 0.6 is 24.8 Å². The summed E-state index contributed by atoms with van der Waals surface area (Å²) in [7, 11) is 0. The van der Waals surface area contributed by atoms with Crippen LogP contribution in [0, 0.1) is 6.92 Å². The molecule has 0 aromatic carbocycles. The van der Waals surface area contributed by atoms with E-state index in [0.717, 1.165) is 37.6 Å². The fourth-order valence-electron chi connectivity index (χ4n) is 2.54. The lowest BCUT2D eigenvalue weighted by atomic mass is 10.1. The number of nitrogens with zero attached hydrogens (tertiary/aromatic N) is 4. The van der Waals surface area contributed by atoms with Crippen LogP contribution in [-0.2, 0) is 0 Å². The van der Waals surface area contributed by atoms with Crippen LogP contribution in [0.5, 0.6) is 0 Å². The Morgan fingerprint density at radius 2 is 2.14 bits per heavy atom. The maximum atomic E-state index is 5.81. The van der Waals surface area contributed by atoms with Gasteiger partial charge in [-0.1, -0.05) is 12.1 Å². The molecule has 0 radical (unpaired) electrons. The van der Waals surface area contributed by atoms with E-state index in [2.05, 4.69) is 32.3 Å². The zero-order valence-corrected chi connectivity index (χ0v) is 13.6. The average Bonchev–Trinajstić information content (AvgIpc) is 2.79. The van der Waals surface area contributed by atoms with Gasteiger partial charge in [-0.15, -0.1) is 24.8 Å². The summed E-state index contributed by atoms with van der Waals surface area (Å²) in [5.74, 6) is 1.03. The summed E-state index contributed by atoms with van der Waals surface area (Å²) in [4.78, 5) is 10.8. The van der Waals surface area contributed by atoms with Crippen molar-refractivity contribution in [1.82, 2.24) is 20.4 Å². The minimum atomic E-state index is 0. The fraction of sp³-hybridized carbons (Fsp3) is 0.583. The molecule has 9 heteroatoms. The number of nitrogen functional groups attached to an aromatic ring is 1. The Morgan fingerprint density at radius 3 is 2.86 bits per heavy atom. The number of nitrogens with two attached hydrogens (primary N) is 1. The van der Waals surface area contributed by atoms with Gasteiger partial charge in [0.1, 0.15) is 11.2 Å². The second-order valence-corrected chi connectivity index (χ2v) is 4.81. The Kier molecular flexibility index (Phi) is 6.00. The van der Waals surface area contributed by atoms with Crippen LogP contribution in [0.2, 0.25) is 0 Å². The lowest BCUT2D eigenvalue weighted by Crippen LogP contribution is -2.51. The van der Waals surface area contributed by atoms with Gasteiger partial charge in [0.15, 0.2) is 5.82 Å². The van der Waals surface area contributed by atoms with E-state index in [1.165, 1.54) is 0 Å². The zero-order valence-electron chi connectivity index (χ0n) is 12.0. The molecule has 3 heterocycles. The second-order valence-electron chi connectivity index (χ2n) is 4.81. The number of piperazine rings is 1. The first-order valence-corrected chi connectivity index (χ1v) is 6.57. The van der Waals surface area contributed by atoms with Crippen molar-refractivity contribution in [2.75, 3.05) is 30.3 Å². The molecule has 1 saturated heterocycles. The van der Waals surface area contributed by atoms with Gasteiger partial charge in [-0.2, -0.15) is 4.98 Å². The van der Waals surface area contributed by atoms with Gasteiger partial charge in [-0.25, -0.2) is 4.98 Å². The third-order valence-corrected chi connectivity index (χ3v) is 3.58. The highest BCUT2D eigenvalue weighted by Gasteiger charge is 2.26. The second kappa shape index (κ2) is 7.11. The number of nitrogens with one attached hydrogen (secondary N) is 1. The molecule has 0 saturated carbocycles. The lowest BCUT2D eigenvalue weighted by molar-refractivity contribution is 0.437. The summed E-state index contributed by atoms with van der Waals surface area (Å²) in [6.45, 7) is 6.77. The molecule has 0 spiro atoms. The van der Waals surface area contributed by atoms with E-state index in [1.54, 1.807) is 0 Å². The normalized spacial score (nSPS) is 18.2. The van der Waals surface area contributed by atoms with Crippen LogP contribution in [0.1, 0.15) is 19.0 Å². The van der Waals surface area contributed by atoms with Gasteiger partial charge >= 0.3 is 0 Å². The SMILES string of the molecule is CC[C@H]1CNCCN1c1nc(N)nc2c(C)noc12.Cl.Cl. The lowest BCUT2D eigenvalue weighted by Gasteiger charge is -2.36. The Hall–Kier alpha value is -1.31. The molecule has 2 aromatic heterocycles. The molecule has 0 bridgehead atoms. The summed E-state index contributed by atoms with van der Waals surface area (Å²) >= 11 is 0. The number of aromatic nitrogens is 3. The van der Waals surface area contributed by atoms with Crippen molar-refractivity contribution in [2.24, 2.45) is 0 Å². The number of anilines is 2. The van der Waals surface area contributed by atoms with Crippen LogP contribution < -0.4 is 16.0 Å². The predicted molar refractivity (Wildman–Crippen MR) is 87.5 cm³/mol. The van der Waals surface area contributed by atoms with Crippen LogP contribution in [0.25, 0.3) is 11.1 Å². The molecule has 1 aliphatic heterocycles. The maximum Gasteiger partial charge on any atom is 0.228 e. The zero-order chi connectivity index (χ0) is 13.4. The van der Waals surface area contributed by atoms with Crippen molar-refractivity contribution in [3.8, 4) is 0 Å². The highest BCUT2D eigenvalue weighted by atomic mass is 35.5. The summed E-state index contributed by atoms with van der Waals surface area (Å²) in [5.41, 5.74) is 7.89. The van der Waals surface area contributed by atoms with Crippen molar-refractivity contribution >= 4 is 47.7 Å². The molecule has 1 fully saturated rings. The monoisotopic (exact) mass is 334 g/mol. The summed E-state index contributed by atoms with van der Waals surface area (Å²) in [6.07, 6.45) is 1.03. The van der Waals surface area contributed by atoms with E-state index in [0.29, 0.717) is 17.1 Å². The molecule has 21 heavy (non-hydrogen) atoms. The smallest absolute Gasteiger partial charge is 0.228 e. The quantitative estimate of drug-likeness (QED) is 0.860. The van der Waals surface area contributed by atoms with Crippen molar-refractivity contribution in [2.45, 2.75) is 26.3 Å². The topological polar surface area (TPSA) is 93.1 Å². The van der Waals surface area contributed by atoms with Gasteiger partial charge < -0.3 is 20.5 Å². The number of aryl methyl sites for hydroxylation is 1. The molecule has 118 valence electrons. The number of rotatable bonds is 2. The fourth-order valence-corrected chi connectivity index (χ4v) is 2.54. The largest absolute Gasteiger partial charge is 0.368 e. The molecule has 2 aromatic rings. The highest BCUT2D eigenvalue weighted by Crippen LogP contribution is 2.28. The standard InChI is InChI=1S/C12H18N6O.2ClH/c1-3-8-6-14-4-5-18(8)11-10-9(7(2)17-19-10)15-12(13)16-11;;/h8,14H,3-6H2,1-2H3,(H2,13,15,16);2*1H/t8-;;/m0../s1. The summed E-state index contributed by atoms with van der Waals surface area (Å²) in [6, 6.07) is 0.386. The predicted octanol–water partition coefficient (Wildman–Crippen LogP) is 1.54. The molecule has 1 atom stereocenters. The van der Waals surface area contributed by atoms with Crippen molar-refractivity contribution in [3.63, 3.8) is 0 Å². The highest BCUT2D eigenvalue weighted by molar-refractivity contribution is 5.86. The van der Waals surface area contributed by atoms with E-state index >= 15 is 0 Å². The first kappa shape index (κ1) is 17.7. The molecule has 1 aliphatic rings. The van der Waals surface area contributed by atoms with Crippen molar-refractivity contribution in [3.05, 3.63) is 5.69 Å². The van der Waals surface area contributed by atoms with E-state index in [4.69, 9.17) is 10.3 Å². The van der Waals surface area contributed by atoms with Gasteiger partial charge in [0.2, 0.25) is 11.5 Å². The number of hydrogen-bond acceptors (Lipinski definition) is 7. The molecular weight excluding hydrogens is 315 g/mol. The minimum Gasteiger partial charge on any atom is -0.368 e. The van der Waals surface area contributed by atoms with Crippen LogP contribution in [0.4, 0.5) is 11.8 Å². The Labute approximate surface area is 135 Å². The van der Waals surface area contributed by atoms with E-state index in [9.17, 15) is 0 Å². The molecule has 7 nitrogen and oxygen atoms in total. The summed E-state index contributed by atoms with van der Waals surface area (Å²) < 4.78 is 5.39. The van der Waals surface area contributed by atoms with Crippen LogP contribution in [-0.4, -0.2) is 40.8 Å². The molecule has 3 N–H and O–H groups in total. The molecule has 0 unspecified atom stereocenters. The van der Waals surface area contributed by atoms with Gasteiger partial charge in [0, 0.05) is 25.7 Å².